The molecule has 0 unspecified atom stereocenters. The number of nitrogens with zero attached hydrogens (tertiary/aromatic N) is 2. The summed E-state index contributed by atoms with van der Waals surface area (Å²) >= 11 is 0. The maximum absolute atomic E-state index is 10.6. The van der Waals surface area contributed by atoms with E-state index in [9.17, 15) is 4.79 Å². The quantitative estimate of drug-likeness (QED) is 0.570. The number of amides is 1. The summed E-state index contributed by atoms with van der Waals surface area (Å²) in [5.74, 6) is -0.599. The van der Waals surface area contributed by atoms with Gasteiger partial charge in [-0.3, -0.25) is 9.78 Å². The third kappa shape index (κ3) is 1.50. The Bertz CT molecular complexity index is 273. The predicted molar refractivity (Wildman–Crippen MR) is 38.4 cm³/mol. The second-order valence-corrected chi connectivity index (χ2v) is 1.92. The van der Waals surface area contributed by atoms with Gasteiger partial charge in [0.15, 0.2) is 5.69 Å². The molecule has 0 atom stereocenters. The zero-order chi connectivity index (χ0) is 8.27. The predicted octanol–water partition coefficient (Wildman–Crippen LogP) is -0.966. The summed E-state index contributed by atoms with van der Waals surface area (Å²) in [7, 11) is 0. The third-order valence-electron chi connectivity index (χ3n) is 1.20. The van der Waals surface area contributed by atoms with Gasteiger partial charge in [0, 0.05) is 18.9 Å². The summed E-state index contributed by atoms with van der Waals surface area (Å²) in [6.45, 7) is 0.173. The van der Waals surface area contributed by atoms with E-state index in [0.29, 0.717) is 5.69 Å². The van der Waals surface area contributed by atoms with Crippen molar-refractivity contribution in [2.75, 3.05) is 0 Å². The monoisotopic (exact) mass is 152 g/mol. The second-order valence-electron chi connectivity index (χ2n) is 1.92. The van der Waals surface area contributed by atoms with Crippen LogP contribution in [0.15, 0.2) is 12.4 Å². The van der Waals surface area contributed by atoms with E-state index in [-0.39, 0.29) is 12.2 Å². The molecule has 0 radical (unpaired) electrons. The summed E-state index contributed by atoms with van der Waals surface area (Å²) < 4.78 is 0. The van der Waals surface area contributed by atoms with Crippen molar-refractivity contribution in [1.82, 2.24) is 9.97 Å². The van der Waals surface area contributed by atoms with Gasteiger partial charge in [-0.25, -0.2) is 4.98 Å². The molecule has 0 aliphatic heterocycles. The Balaban J connectivity index is 3.12. The highest BCUT2D eigenvalue weighted by Crippen LogP contribution is 1.97. The summed E-state index contributed by atoms with van der Waals surface area (Å²) in [5, 5.41) is 0. The van der Waals surface area contributed by atoms with E-state index in [4.69, 9.17) is 11.5 Å². The van der Waals surface area contributed by atoms with E-state index in [1.165, 1.54) is 12.4 Å². The summed E-state index contributed by atoms with van der Waals surface area (Å²) in [4.78, 5) is 18.2. The van der Waals surface area contributed by atoms with Crippen molar-refractivity contribution >= 4 is 5.91 Å². The van der Waals surface area contributed by atoms with Crippen molar-refractivity contribution in [3.05, 3.63) is 23.8 Å². The highest BCUT2D eigenvalue weighted by molar-refractivity contribution is 5.91. The Labute approximate surface area is 63.4 Å². The van der Waals surface area contributed by atoms with Crippen molar-refractivity contribution in [2.45, 2.75) is 6.54 Å². The van der Waals surface area contributed by atoms with Crippen LogP contribution in [-0.4, -0.2) is 15.9 Å². The molecule has 0 aliphatic carbocycles. The van der Waals surface area contributed by atoms with E-state index in [2.05, 4.69) is 9.97 Å². The molecule has 1 aromatic rings. The summed E-state index contributed by atoms with van der Waals surface area (Å²) in [6, 6.07) is 0. The molecule has 0 bridgehead atoms. The minimum absolute atomic E-state index is 0.148. The van der Waals surface area contributed by atoms with Gasteiger partial charge in [-0.2, -0.15) is 0 Å². The Morgan fingerprint density at radius 2 is 2.09 bits per heavy atom. The van der Waals surface area contributed by atoms with Gasteiger partial charge in [0.05, 0.1) is 5.69 Å². The molecule has 4 N–H and O–H groups in total. The first-order valence-corrected chi connectivity index (χ1v) is 3.05. The van der Waals surface area contributed by atoms with Crippen molar-refractivity contribution in [2.24, 2.45) is 11.5 Å². The highest BCUT2D eigenvalue weighted by Gasteiger charge is 2.07. The highest BCUT2D eigenvalue weighted by atomic mass is 16.1. The summed E-state index contributed by atoms with van der Waals surface area (Å²) in [5.41, 5.74) is 10.8. The number of primary amides is 1. The fourth-order valence-corrected chi connectivity index (χ4v) is 0.722. The minimum atomic E-state index is -0.599. The van der Waals surface area contributed by atoms with Crippen LogP contribution < -0.4 is 11.5 Å². The number of carbonyl (C=O) groups excluding carboxylic acids is 1. The largest absolute Gasteiger partial charge is 0.364 e. The second kappa shape index (κ2) is 3.07. The number of hydrogen-bond donors (Lipinski definition) is 2. The van der Waals surface area contributed by atoms with Crippen LogP contribution in [0.1, 0.15) is 16.2 Å². The number of rotatable bonds is 2. The fraction of sp³-hybridized carbons (Fsp3) is 0.167. The van der Waals surface area contributed by atoms with Crippen LogP contribution in [0.2, 0.25) is 0 Å². The maximum atomic E-state index is 10.6. The Kier molecular flexibility index (Phi) is 2.12. The van der Waals surface area contributed by atoms with Crippen LogP contribution >= 0.6 is 0 Å². The van der Waals surface area contributed by atoms with Gasteiger partial charge in [-0.05, 0) is 0 Å². The molecule has 11 heavy (non-hydrogen) atoms. The molecule has 0 aromatic carbocycles. The van der Waals surface area contributed by atoms with Gasteiger partial charge < -0.3 is 11.5 Å². The molecule has 1 amide bonds. The van der Waals surface area contributed by atoms with Crippen molar-refractivity contribution in [3.8, 4) is 0 Å². The molecule has 0 fully saturated rings. The molecule has 5 heteroatoms. The van der Waals surface area contributed by atoms with Crippen LogP contribution in [0.4, 0.5) is 0 Å². The molecule has 0 saturated carbocycles. The van der Waals surface area contributed by atoms with Gasteiger partial charge in [-0.1, -0.05) is 0 Å². The SMILES string of the molecule is NCc1nccnc1C(N)=O. The topological polar surface area (TPSA) is 94.9 Å². The van der Waals surface area contributed by atoms with Crippen molar-refractivity contribution in [1.29, 1.82) is 0 Å². The van der Waals surface area contributed by atoms with Crippen molar-refractivity contribution in [3.63, 3.8) is 0 Å². The van der Waals surface area contributed by atoms with E-state index in [0.717, 1.165) is 0 Å². The molecule has 1 heterocycles. The van der Waals surface area contributed by atoms with E-state index >= 15 is 0 Å². The smallest absolute Gasteiger partial charge is 0.269 e. The Morgan fingerprint density at radius 3 is 2.55 bits per heavy atom. The average molecular weight is 152 g/mol. The number of aromatic nitrogens is 2. The number of nitrogens with two attached hydrogens (primary N) is 2. The maximum Gasteiger partial charge on any atom is 0.269 e. The average Bonchev–Trinajstić information content (AvgIpc) is 2.04. The first-order chi connectivity index (χ1) is 5.25. The number of carbonyl (C=O) groups is 1. The Morgan fingerprint density at radius 1 is 1.45 bits per heavy atom. The van der Waals surface area contributed by atoms with E-state index in [1.54, 1.807) is 0 Å². The third-order valence-corrected chi connectivity index (χ3v) is 1.20. The lowest BCUT2D eigenvalue weighted by atomic mass is 10.3. The molecule has 58 valence electrons. The lowest BCUT2D eigenvalue weighted by molar-refractivity contribution is 0.0994. The molecule has 1 aromatic heterocycles. The lowest BCUT2D eigenvalue weighted by Gasteiger charge is -1.98. The zero-order valence-electron chi connectivity index (χ0n) is 5.82. The van der Waals surface area contributed by atoms with Crippen LogP contribution in [0, 0.1) is 0 Å². The van der Waals surface area contributed by atoms with Crippen LogP contribution in [0.3, 0.4) is 0 Å². The standard InChI is InChI=1S/C6H8N4O/c7-3-4-5(6(8)11)10-2-1-9-4/h1-2H,3,7H2,(H2,8,11). The first kappa shape index (κ1) is 7.62. The minimum Gasteiger partial charge on any atom is -0.364 e. The van der Waals surface area contributed by atoms with Gasteiger partial charge >= 0.3 is 0 Å². The molecular weight excluding hydrogens is 144 g/mol. The normalized spacial score (nSPS) is 9.55. The van der Waals surface area contributed by atoms with E-state index < -0.39 is 5.91 Å². The van der Waals surface area contributed by atoms with Gasteiger partial charge in [0.25, 0.3) is 5.91 Å². The van der Waals surface area contributed by atoms with Crippen LogP contribution in [-0.2, 0) is 6.54 Å². The summed E-state index contributed by atoms with van der Waals surface area (Å²) in [6.07, 6.45) is 2.87. The first-order valence-electron chi connectivity index (χ1n) is 3.05. The number of hydrogen-bond acceptors (Lipinski definition) is 4. The molecule has 1 rings (SSSR count). The Hall–Kier alpha value is -1.49. The van der Waals surface area contributed by atoms with Gasteiger partial charge in [0.1, 0.15) is 0 Å². The lowest BCUT2D eigenvalue weighted by Crippen LogP contribution is -2.18. The molecule has 5 nitrogen and oxygen atoms in total. The van der Waals surface area contributed by atoms with E-state index in [1.807, 2.05) is 0 Å². The molecule has 0 saturated heterocycles. The van der Waals surface area contributed by atoms with Gasteiger partial charge in [-0.15, -0.1) is 0 Å². The molecule has 0 aliphatic rings. The van der Waals surface area contributed by atoms with Crippen molar-refractivity contribution < 1.29 is 4.79 Å². The van der Waals surface area contributed by atoms with Gasteiger partial charge in [0.2, 0.25) is 0 Å². The van der Waals surface area contributed by atoms with Crippen LogP contribution in [0.5, 0.6) is 0 Å². The van der Waals surface area contributed by atoms with Crippen LogP contribution in [0.25, 0.3) is 0 Å². The molecular formula is C6H8N4O. The molecule has 0 spiro atoms. The zero-order valence-corrected chi connectivity index (χ0v) is 5.82. The fourth-order valence-electron chi connectivity index (χ4n) is 0.722.